The second-order valence-electron chi connectivity index (χ2n) is 10.8. The first kappa shape index (κ1) is 32.4. The average Bonchev–Trinajstić information content (AvgIpc) is 3.01. The van der Waals surface area contributed by atoms with E-state index in [1.165, 1.54) is 0 Å². The quantitative estimate of drug-likeness (QED) is 0.150. The van der Waals surface area contributed by atoms with Gasteiger partial charge in [-0.2, -0.15) is 5.26 Å². The van der Waals surface area contributed by atoms with Crippen molar-refractivity contribution in [1.82, 2.24) is 0 Å². The SMILES string of the molecule is CCOC(=O)C1(C#N)C(c2cccc(Br)c2)CC(O)(c2ccc(Cl)cc2)C(C(=O)c2ccc(Cl)cc2)C1c1cccc(Br)c1. The van der Waals surface area contributed by atoms with Crippen molar-refractivity contribution >= 4 is 66.8 Å². The Morgan fingerprint density at radius 2 is 1.45 bits per heavy atom. The van der Waals surface area contributed by atoms with Crippen LogP contribution in [0.3, 0.4) is 0 Å². The summed E-state index contributed by atoms with van der Waals surface area (Å²) in [5, 5.41) is 25.2. The topological polar surface area (TPSA) is 87.4 Å². The van der Waals surface area contributed by atoms with Crippen LogP contribution in [0.5, 0.6) is 0 Å². The van der Waals surface area contributed by atoms with Crippen molar-refractivity contribution in [2.75, 3.05) is 6.61 Å². The monoisotopic (exact) mass is 753 g/mol. The average molecular weight is 756 g/mol. The second-order valence-corrected chi connectivity index (χ2v) is 13.5. The van der Waals surface area contributed by atoms with Gasteiger partial charge in [-0.3, -0.25) is 9.59 Å². The number of carbonyl (C=O) groups excluding carboxylic acids is 2. The zero-order valence-corrected chi connectivity index (χ0v) is 28.2. The molecule has 1 fully saturated rings. The Bertz CT molecular complexity index is 1740. The Morgan fingerprint density at radius 3 is 2.00 bits per heavy atom. The summed E-state index contributed by atoms with van der Waals surface area (Å²) in [4.78, 5) is 29.1. The van der Waals surface area contributed by atoms with Crippen LogP contribution in [-0.2, 0) is 15.1 Å². The van der Waals surface area contributed by atoms with Gasteiger partial charge in [0.1, 0.15) is 5.60 Å². The number of ether oxygens (including phenoxy) is 1. The van der Waals surface area contributed by atoms with E-state index in [1.54, 1.807) is 73.7 Å². The maximum absolute atomic E-state index is 14.8. The molecule has 0 heterocycles. The molecule has 5 nitrogen and oxygen atoms in total. The highest BCUT2D eigenvalue weighted by molar-refractivity contribution is 9.10. The van der Waals surface area contributed by atoms with Gasteiger partial charge in [-0.25, -0.2) is 0 Å². The number of nitrogens with zero attached hydrogens (tertiary/aromatic N) is 1. The molecule has 1 N–H and O–H groups in total. The zero-order valence-electron chi connectivity index (χ0n) is 23.5. The van der Waals surface area contributed by atoms with Crippen LogP contribution in [-0.4, -0.2) is 23.5 Å². The summed E-state index contributed by atoms with van der Waals surface area (Å²) in [5.74, 6) is -4.54. The van der Waals surface area contributed by atoms with Gasteiger partial charge in [0.25, 0.3) is 0 Å². The van der Waals surface area contributed by atoms with Gasteiger partial charge in [-0.05, 0) is 90.7 Å². The van der Waals surface area contributed by atoms with Gasteiger partial charge >= 0.3 is 5.97 Å². The molecule has 5 atom stereocenters. The third-order valence-electron chi connectivity index (χ3n) is 8.42. The predicted molar refractivity (Wildman–Crippen MR) is 178 cm³/mol. The summed E-state index contributed by atoms with van der Waals surface area (Å²) in [5.41, 5.74) is -1.89. The molecule has 1 aliphatic carbocycles. The van der Waals surface area contributed by atoms with Crippen molar-refractivity contribution in [3.8, 4) is 6.07 Å². The highest BCUT2D eigenvalue weighted by atomic mass is 79.9. The molecule has 0 amide bonds. The number of hydrogen-bond donors (Lipinski definition) is 1. The van der Waals surface area contributed by atoms with Crippen LogP contribution in [0.4, 0.5) is 0 Å². The number of rotatable bonds is 7. The fraction of sp³-hybridized carbons (Fsp3) is 0.229. The number of ketones is 1. The van der Waals surface area contributed by atoms with Crippen LogP contribution in [0.15, 0.2) is 106 Å². The smallest absolute Gasteiger partial charge is 0.327 e. The highest BCUT2D eigenvalue weighted by Gasteiger charge is 2.67. The minimum Gasteiger partial charge on any atom is -0.465 e. The molecule has 44 heavy (non-hydrogen) atoms. The number of hydrogen-bond acceptors (Lipinski definition) is 5. The highest BCUT2D eigenvalue weighted by Crippen LogP contribution is 2.64. The fourth-order valence-corrected chi connectivity index (χ4v) is 7.61. The standard InChI is InChI=1S/C35H27Br2Cl2NO4/c1-2-44-33(42)34(20-40)29(22-5-3-7-25(36)17-22)19-35(43,24-11-15-28(39)16-12-24)31(30(34)23-6-4-8-26(37)18-23)32(41)21-9-13-27(38)14-10-21/h3-18,29-31,43H,2,19H2,1H3. The van der Waals surface area contributed by atoms with Gasteiger partial charge in [-0.1, -0.05) is 91.5 Å². The first-order valence-electron chi connectivity index (χ1n) is 13.9. The largest absolute Gasteiger partial charge is 0.465 e. The van der Waals surface area contributed by atoms with Crippen LogP contribution < -0.4 is 0 Å². The Morgan fingerprint density at radius 1 is 0.909 bits per heavy atom. The van der Waals surface area contributed by atoms with Crippen LogP contribution in [0.2, 0.25) is 10.0 Å². The van der Waals surface area contributed by atoms with Crippen molar-refractivity contribution in [2.45, 2.75) is 30.8 Å². The molecule has 224 valence electrons. The Hall–Kier alpha value is -2.99. The minimum atomic E-state index is -1.91. The fourth-order valence-electron chi connectivity index (χ4n) is 6.52. The molecule has 4 aromatic rings. The van der Waals surface area contributed by atoms with Crippen molar-refractivity contribution in [2.24, 2.45) is 11.3 Å². The lowest BCUT2D eigenvalue weighted by atomic mass is 9.47. The maximum atomic E-state index is 14.8. The molecule has 0 saturated heterocycles. The first-order valence-corrected chi connectivity index (χ1v) is 16.3. The first-order chi connectivity index (χ1) is 21.0. The van der Waals surface area contributed by atoms with E-state index in [-0.39, 0.29) is 18.6 Å². The molecule has 0 aliphatic heterocycles. The number of esters is 1. The second kappa shape index (κ2) is 13.2. The molecule has 4 aromatic carbocycles. The molecule has 0 aromatic heterocycles. The summed E-state index contributed by atoms with van der Waals surface area (Å²) in [7, 11) is 0. The van der Waals surface area contributed by atoms with E-state index >= 15 is 0 Å². The molecule has 1 aliphatic rings. The Labute approximate surface area is 283 Å². The number of carbonyl (C=O) groups is 2. The van der Waals surface area contributed by atoms with Gasteiger partial charge < -0.3 is 9.84 Å². The molecule has 0 radical (unpaired) electrons. The van der Waals surface area contributed by atoms with E-state index in [9.17, 15) is 20.0 Å². The number of Topliss-reactive ketones (excluding diaryl/α,β-unsaturated/α-hetero) is 1. The zero-order chi connectivity index (χ0) is 31.6. The van der Waals surface area contributed by atoms with Crippen molar-refractivity contribution in [1.29, 1.82) is 5.26 Å². The Balaban J connectivity index is 1.91. The third kappa shape index (κ3) is 5.87. The Kier molecular flexibility index (Phi) is 9.69. The summed E-state index contributed by atoms with van der Waals surface area (Å²) in [6.45, 7) is 1.70. The van der Waals surface area contributed by atoms with Gasteiger partial charge in [-0.15, -0.1) is 0 Å². The molecule has 9 heteroatoms. The lowest BCUT2D eigenvalue weighted by molar-refractivity contribution is -0.164. The molecular formula is C35H27Br2Cl2NO4. The molecule has 5 unspecified atom stereocenters. The minimum absolute atomic E-state index is 0.0237. The molecule has 0 spiro atoms. The van der Waals surface area contributed by atoms with Crippen LogP contribution in [0, 0.1) is 22.7 Å². The van der Waals surface area contributed by atoms with Crippen molar-refractivity contribution < 1.29 is 19.4 Å². The van der Waals surface area contributed by atoms with E-state index in [2.05, 4.69) is 37.9 Å². The van der Waals surface area contributed by atoms with Crippen LogP contribution >= 0.6 is 55.1 Å². The number of halogens is 4. The van der Waals surface area contributed by atoms with E-state index in [1.807, 2.05) is 30.3 Å². The van der Waals surface area contributed by atoms with Gasteiger partial charge in [0.15, 0.2) is 11.2 Å². The molecule has 1 saturated carbocycles. The van der Waals surface area contributed by atoms with Gasteiger partial charge in [0.2, 0.25) is 0 Å². The van der Waals surface area contributed by atoms with E-state index in [0.717, 1.165) is 4.47 Å². The van der Waals surface area contributed by atoms with Gasteiger partial charge in [0.05, 0.1) is 18.6 Å². The normalized spacial score (nSPS) is 24.7. The number of aliphatic hydroxyl groups is 1. The predicted octanol–water partition coefficient (Wildman–Crippen LogP) is 9.25. The summed E-state index contributed by atoms with van der Waals surface area (Å²) >= 11 is 19.5. The van der Waals surface area contributed by atoms with Crippen LogP contribution in [0.25, 0.3) is 0 Å². The maximum Gasteiger partial charge on any atom is 0.327 e. The molecule has 5 rings (SSSR count). The summed E-state index contributed by atoms with van der Waals surface area (Å²) < 4.78 is 7.08. The van der Waals surface area contributed by atoms with E-state index in [0.29, 0.717) is 31.2 Å². The summed E-state index contributed by atoms with van der Waals surface area (Å²) in [6.07, 6.45) is -0.133. The van der Waals surface area contributed by atoms with Crippen molar-refractivity contribution in [3.63, 3.8) is 0 Å². The molecule has 0 bridgehead atoms. The third-order valence-corrected chi connectivity index (χ3v) is 9.91. The molecular weight excluding hydrogens is 729 g/mol. The number of benzene rings is 4. The van der Waals surface area contributed by atoms with Gasteiger partial charge in [0, 0.05) is 36.4 Å². The lowest BCUT2D eigenvalue weighted by Gasteiger charge is -2.54. The summed E-state index contributed by atoms with van der Waals surface area (Å²) in [6, 6.07) is 29.9. The van der Waals surface area contributed by atoms with Crippen LogP contribution in [0.1, 0.15) is 52.2 Å². The lowest BCUT2D eigenvalue weighted by Crippen LogP contribution is -2.59. The van der Waals surface area contributed by atoms with Crippen molar-refractivity contribution in [3.05, 3.63) is 138 Å². The van der Waals surface area contributed by atoms with E-state index in [4.69, 9.17) is 27.9 Å². The number of nitriles is 1. The van der Waals surface area contributed by atoms with E-state index < -0.39 is 40.5 Å².